The maximum Gasteiger partial charge on any atom is 0.344 e. The van der Waals surface area contributed by atoms with E-state index in [2.05, 4.69) is 10.6 Å². The molecule has 28 heavy (non-hydrogen) atoms. The third-order valence-corrected chi connectivity index (χ3v) is 3.79. The first-order valence-corrected chi connectivity index (χ1v) is 8.78. The maximum atomic E-state index is 11.9. The number of benzene rings is 2. The second-order valence-electron chi connectivity index (χ2n) is 6.48. The van der Waals surface area contributed by atoms with Gasteiger partial charge in [0.05, 0.1) is 0 Å². The molecule has 2 aromatic rings. The van der Waals surface area contributed by atoms with Gasteiger partial charge < -0.3 is 20.1 Å². The van der Waals surface area contributed by atoms with Gasteiger partial charge in [-0.2, -0.15) is 0 Å². The van der Waals surface area contributed by atoms with Crippen LogP contribution in [0.1, 0.15) is 23.6 Å². The maximum absolute atomic E-state index is 11.9. The van der Waals surface area contributed by atoms with Crippen molar-refractivity contribution in [2.75, 3.05) is 23.8 Å². The Morgan fingerprint density at radius 1 is 0.857 bits per heavy atom. The van der Waals surface area contributed by atoms with E-state index in [0.29, 0.717) is 17.1 Å². The minimum absolute atomic E-state index is 0.179. The highest BCUT2D eigenvalue weighted by atomic mass is 16.6. The summed E-state index contributed by atoms with van der Waals surface area (Å²) in [7, 11) is 0. The Hall–Kier alpha value is -3.35. The molecule has 0 saturated heterocycles. The second kappa shape index (κ2) is 9.55. The van der Waals surface area contributed by atoms with Crippen molar-refractivity contribution in [3.8, 4) is 5.75 Å². The zero-order chi connectivity index (χ0) is 20.7. The molecule has 2 aromatic carbocycles. The van der Waals surface area contributed by atoms with E-state index < -0.39 is 18.5 Å². The van der Waals surface area contributed by atoms with Crippen molar-refractivity contribution < 1.29 is 23.9 Å². The monoisotopic (exact) mass is 384 g/mol. The molecule has 2 N–H and O–H groups in total. The van der Waals surface area contributed by atoms with Crippen molar-refractivity contribution >= 4 is 29.2 Å². The minimum atomic E-state index is -0.629. The Bertz CT molecular complexity index is 852. The summed E-state index contributed by atoms with van der Waals surface area (Å²) in [5.74, 6) is -0.632. The van der Waals surface area contributed by atoms with Gasteiger partial charge in [0, 0.05) is 18.3 Å². The standard InChI is InChI=1S/C21H24N2O5/c1-13-9-14(2)21(15(3)10-13)28-12-20(26)27-11-19(25)23-18-7-5-17(6-8-18)22-16(4)24/h5-10H,11-12H2,1-4H3,(H,22,24)(H,23,25). The van der Waals surface area contributed by atoms with Crippen LogP contribution in [0.4, 0.5) is 11.4 Å². The number of carbonyl (C=O) groups excluding carboxylic acids is 3. The molecule has 2 amide bonds. The van der Waals surface area contributed by atoms with Crippen molar-refractivity contribution in [3.05, 3.63) is 53.1 Å². The van der Waals surface area contributed by atoms with Crippen molar-refractivity contribution in [1.29, 1.82) is 0 Å². The van der Waals surface area contributed by atoms with Crippen molar-refractivity contribution in [1.82, 2.24) is 0 Å². The third-order valence-electron chi connectivity index (χ3n) is 3.79. The quantitative estimate of drug-likeness (QED) is 0.716. The first-order chi connectivity index (χ1) is 13.2. The van der Waals surface area contributed by atoms with Gasteiger partial charge in [-0.15, -0.1) is 0 Å². The Balaban J connectivity index is 1.78. The summed E-state index contributed by atoms with van der Waals surface area (Å²) >= 11 is 0. The molecule has 0 aliphatic carbocycles. The first-order valence-electron chi connectivity index (χ1n) is 8.78. The molecule has 0 aliphatic rings. The van der Waals surface area contributed by atoms with E-state index in [4.69, 9.17) is 9.47 Å². The molecule has 0 aliphatic heterocycles. The summed E-state index contributed by atoms with van der Waals surface area (Å²) in [5.41, 5.74) is 4.14. The molecular weight excluding hydrogens is 360 g/mol. The van der Waals surface area contributed by atoms with Crippen LogP contribution in [0.3, 0.4) is 0 Å². The highest BCUT2D eigenvalue weighted by molar-refractivity contribution is 5.93. The average Bonchev–Trinajstić information content (AvgIpc) is 2.60. The highest BCUT2D eigenvalue weighted by Crippen LogP contribution is 2.24. The smallest absolute Gasteiger partial charge is 0.344 e. The Kier molecular flexibility index (Phi) is 7.14. The lowest BCUT2D eigenvalue weighted by molar-refractivity contribution is -0.149. The number of aryl methyl sites for hydroxylation is 3. The van der Waals surface area contributed by atoms with E-state index in [1.165, 1.54) is 6.92 Å². The molecule has 0 aromatic heterocycles. The molecule has 148 valence electrons. The number of hydrogen-bond acceptors (Lipinski definition) is 5. The predicted octanol–water partition coefficient (Wildman–Crippen LogP) is 3.13. The van der Waals surface area contributed by atoms with E-state index in [1.807, 2.05) is 32.9 Å². The van der Waals surface area contributed by atoms with Crippen LogP contribution in [-0.2, 0) is 19.1 Å². The number of esters is 1. The third kappa shape index (κ3) is 6.42. The number of amides is 2. The van der Waals surface area contributed by atoms with Crippen LogP contribution in [0, 0.1) is 20.8 Å². The van der Waals surface area contributed by atoms with Crippen LogP contribution in [0.5, 0.6) is 5.75 Å². The van der Waals surface area contributed by atoms with E-state index in [-0.39, 0.29) is 12.5 Å². The minimum Gasteiger partial charge on any atom is -0.481 e. The largest absolute Gasteiger partial charge is 0.481 e. The summed E-state index contributed by atoms with van der Waals surface area (Å²) in [5, 5.41) is 5.24. The first kappa shape index (κ1) is 21.0. The summed E-state index contributed by atoms with van der Waals surface area (Å²) in [6.07, 6.45) is 0. The summed E-state index contributed by atoms with van der Waals surface area (Å²) in [4.78, 5) is 34.7. The van der Waals surface area contributed by atoms with E-state index in [1.54, 1.807) is 24.3 Å². The lowest BCUT2D eigenvalue weighted by atomic mass is 10.1. The molecule has 7 heteroatoms. The van der Waals surface area contributed by atoms with Crippen LogP contribution >= 0.6 is 0 Å². The number of ether oxygens (including phenoxy) is 2. The number of hydrogen-bond donors (Lipinski definition) is 2. The van der Waals surface area contributed by atoms with Gasteiger partial charge in [0.2, 0.25) is 5.91 Å². The Morgan fingerprint density at radius 2 is 1.39 bits per heavy atom. The molecule has 0 spiro atoms. The fraction of sp³-hybridized carbons (Fsp3) is 0.286. The zero-order valence-corrected chi connectivity index (χ0v) is 16.4. The molecule has 2 rings (SSSR count). The summed E-state index contributed by atoms with van der Waals surface area (Å²) in [6, 6.07) is 10.5. The number of nitrogens with one attached hydrogen (secondary N) is 2. The van der Waals surface area contributed by atoms with Crippen molar-refractivity contribution in [3.63, 3.8) is 0 Å². The Labute approximate surface area is 164 Å². The predicted molar refractivity (Wildman–Crippen MR) is 106 cm³/mol. The van der Waals surface area contributed by atoms with Gasteiger partial charge in [0.25, 0.3) is 5.91 Å². The van der Waals surface area contributed by atoms with Crippen LogP contribution in [0.15, 0.2) is 36.4 Å². The van der Waals surface area contributed by atoms with Gasteiger partial charge in [0.15, 0.2) is 13.2 Å². The molecule has 0 saturated carbocycles. The summed E-state index contributed by atoms with van der Waals surface area (Å²) < 4.78 is 10.5. The topological polar surface area (TPSA) is 93.7 Å². The number of rotatable bonds is 7. The molecule has 7 nitrogen and oxygen atoms in total. The summed E-state index contributed by atoms with van der Waals surface area (Å²) in [6.45, 7) is 6.53. The fourth-order valence-corrected chi connectivity index (χ4v) is 2.75. The van der Waals surface area contributed by atoms with Crippen LogP contribution in [0.25, 0.3) is 0 Å². The lowest BCUT2D eigenvalue weighted by Crippen LogP contribution is -2.23. The average molecular weight is 384 g/mol. The molecular formula is C21H24N2O5. The van der Waals surface area contributed by atoms with Gasteiger partial charge in [-0.05, 0) is 56.2 Å². The van der Waals surface area contributed by atoms with E-state index >= 15 is 0 Å². The van der Waals surface area contributed by atoms with Crippen molar-refractivity contribution in [2.24, 2.45) is 0 Å². The van der Waals surface area contributed by atoms with Crippen LogP contribution in [0.2, 0.25) is 0 Å². The Morgan fingerprint density at radius 3 is 1.93 bits per heavy atom. The van der Waals surface area contributed by atoms with E-state index in [9.17, 15) is 14.4 Å². The van der Waals surface area contributed by atoms with E-state index in [0.717, 1.165) is 16.7 Å². The van der Waals surface area contributed by atoms with Crippen molar-refractivity contribution in [2.45, 2.75) is 27.7 Å². The lowest BCUT2D eigenvalue weighted by Gasteiger charge is -2.13. The molecule has 0 radical (unpaired) electrons. The SMILES string of the molecule is CC(=O)Nc1ccc(NC(=O)COC(=O)COc2c(C)cc(C)cc2C)cc1. The number of carbonyl (C=O) groups is 3. The van der Waals surface area contributed by atoms with Gasteiger partial charge in [-0.25, -0.2) is 4.79 Å². The highest BCUT2D eigenvalue weighted by Gasteiger charge is 2.11. The molecule has 0 heterocycles. The second-order valence-corrected chi connectivity index (χ2v) is 6.48. The molecule has 0 atom stereocenters. The van der Waals surface area contributed by atoms with Gasteiger partial charge in [0.1, 0.15) is 5.75 Å². The van der Waals surface area contributed by atoms with Crippen LogP contribution in [-0.4, -0.2) is 31.0 Å². The van der Waals surface area contributed by atoms with Crippen LogP contribution < -0.4 is 15.4 Å². The molecule has 0 unspecified atom stereocenters. The molecule has 0 fully saturated rings. The van der Waals surface area contributed by atoms with Gasteiger partial charge in [-0.1, -0.05) is 17.7 Å². The molecule has 0 bridgehead atoms. The number of anilines is 2. The normalized spacial score (nSPS) is 10.1. The zero-order valence-electron chi connectivity index (χ0n) is 16.4. The fourth-order valence-electron chi connectivity index (χ4n) is 2.75. The van der Waals surface area contributed by atoms with Gasteiger partial charge >= 0.3 is 5.97 Å². The van der Waals surface area contributed by atoms with Gasteiger partial charge in [-0.3, -0.25) is 9.59 Å².